The second kappa shape index (κ2) is 14.0. The number of fused-ring (bicyclic) bond motifs is 2. The van der Waals surface area contributed by atoms with Crippen molar-refractivity contribution in [3.8, 4) is 5.75 Å². The van der Waals surface area contributed by atoms with E-state index < -0.39 is 23.7 Å². The van der Waals surface area contributed by atoms with Crippen molar-refractivity contribution in [3.05, 3.63) is 99.2 Å². The Bertz CT molecular complexity index is 1720. The number of anilines is 2. The lowest BCUT2D eigenvalue weighted by Crippen LogP contribution is -2.53. The molecule has 0 radical (unpaired) electrons. The van der Waals surface area contributed by atoms with Gasteiger partial charge in [0.05, 0.1) is 31.6 Å². The number of amides is 3. The number of ether oxygens (including phenoxy) is 1. The standard InChI is InChI=1S/C33H30BrClFN3O4.ClH/c1-4-19(2)31(40)37-27-18-39(32(41)20-8-11-22(36)12-9-20)29-16-21(35)10-14-28(29)38(33(27)42)17-25-23-6-5-7-26(34)24(23)13-15-30(25)43-3;/h5-16,19,27H,4,17-18H2,1-3H3,(H,37,40);1H/t19-,27+;/m1./s1. The van der Waals surface area contributed by atoms with Gasteiger partial charge < -0.3 is 19.9 Å². The summed E-state index contributed by atoms with van der Waals surface area (Å²) in [7, 11) is 1.57. The summed E-state index contributed by atoms with van der Waals surface area (Å²) in [6, 6.07) is 18.6. The van der Waals surface area contributed by atoms with Gasteiger partial charge in [-0.3, -0.25) is 14.4 Å². The zero-order valence-corrected chi connectivity index (χ0v) is 27.4. The molecule has 7 nitrogen and oxygen atoms in total. The average molecular weight is 703 g/mol. The van der Waals surface area contributed by atoms with Crippen LogP contribution in [0.25, 0.3) is 10.8 Å². The zero-order chi connectivity index (χ0) is 30.8. The van der Waals surface area contributed by atoms with E-state index in [0.717, 1.165) is 20.8 Å². The van der Waals surface area contributed by atoms with E-state index in [4.69, 9.17) is 16.3 Å². The van der Waals surface area contributed by atoms with E-state index in [2.05, 4.69) is 21.2 Å². The van der Waals surface area contributed by atoms with Gasteiger partial charge in [-0.2, -0.15) is 0 Å². The molecule has 0 aromatic heterocycles. The van der Waals surface area contributed by atoms with Crippen LogP contribution in [0.3, 0.4) is 0 Å². The summed E-state index contributed by atoms with van der Waals surface area (Å²) in [6.07, 6.45) is 0.576. The van der Waals surface area contributed by atoms with Crippen molar-refractivity contribution in [3.63, 3.8) is 0 Å². The molecule has 4 aromatic rings. The van der Waals surface area contributed by atoms with Gasteiger partial charge >= 0.3 is 0 Å². The Kier molecular flexibility index (Phi) is 10.6. The highest BCUT2D eigenvalue weighted by Crippen LogP contribution is 2.40. The van der Waals surface area contributed by atoms with Gasteiger partial charge in [0.2, 0.25) is 5.91 Å². The van der Waals surface area contributed by atoms with Crippen molar-refractivity contribution in [1.82, 2.24) is 5.32 Å². The number of benzene rings is 4. The molecule has 230 valence electrons. The Morgan fingerprint density at radius 2 is 1.80 bits per heavy atom. The minimum atomic E-state index is -1.08. The van der Waals surface area contributed by atoms with Gasteiger partial charge in [-0.1, -0.05) is 53.5 Å². The monoisotopic (exact) mass is 701 g/mol. The first-order valence-electron chi connectivity index (χ1n) is 13.9. The molecule has 0 spiro atoms. The maximum Gasteiger partial charge on any atom is 0.258 e. The van der Waals surface area contributed by atoms with Gasteiger partial charge in [-0.25, -0.2) is 4.39 Å². The molecule has 11 heteroatoms. The van der Waals surface area contributed by atoms with Crippen LogP contribution in [0, 0.1) is 11.7 Å². The molecule has 2 atom stereocenters. The molecular formula is C33H31BrCl2FN3O4. The maximum atomic E-state index is 14.4. The van der Waals surface area contributed by atoms with E-state index in [1.165, 1.54) is 29.2 Å². The van der Waals surface area contributed by atoms with E-state index in [0.29, 0.717) is 28.6 Å². The van der Waals surface area contributed by atoms with Gasteiger partial charge in [0, 0.05) is 26.5 Å². The fourth-order valence-electron chi connectivity index (χ4n) is 5.19. The molecule has 0 saturated heterocycles. The van der Waals surface area contributed by atoms with Crippen LogP contribution in [0.2, 0.25) is 5.02 Å². The van der Waals surface area contributed by atoms with Gasteiger partial charge in [0.1, 0.15) is 17.6 Å². The lowest BCUT2D eigenvalue weighted by atomic mass is 10.0. The average Bonchev–Trinajstić information content (AvgIpc) is 3.11. The summed E-state index contributed by atoms with van der Waals surface area (Å²) in [4.78, 5) is 44.5. The number of carbonyl (C=O) groups is 3. The van der Waals surface area contributed by atoms with E-state index in [9.17, 15) is 18.8 Å². The Morgan fingerprint density at radius 3 is 2.48 bits per heavy atom. The van der Waals surface area contributed by atoms with Crippen molar-refractivity contribution in [2.24, 2.45) is 5.92 Å². The number of nitrogens with zero attached hydrogens (tertiary/aromatic N) is 2. The van der Waals surface area contributed by atoms with Crippen molar-refractivity contribution in [1.29, 1.82) is 0 Å². The largest absolute Gasteiger partial charge is 0.496 e. The number of halogens is 4. The topological polar surface area (TPSA) is 79.0 Å². The Labute approximate surface area is 274 Å². The van der Waals surface area contributed by atoms with Crippen molar-refractivity contribution >= 4 is 79.8 Å². The van der Waals surface area contributed by atoms with Crippen LogP contribution in [-0.2, 0) is 16.1 Å². The highest BCUT2D eigenvalue weighted by Gasteiger charge is 2.38. The van der Waals surface area contributed by atoms with Crippen LogP contribution in [0.15, 0.2) is 77.3 Å². The summed E-state index contributed by atoms with van der Waals surface area (Å²) in [6.45, 7) is 3.60. The van der Waals surface area contributed by atoms with E-state index in [1.807, 2.05) is 37.3 Å². The second-order valence-electron chi connectivity index (χ2n) is 10.4. The molecule has 3 amide bonds. The number of hydrogen-bond acceptors (Lipinski definition) is 4. The van der Waals surface area contributed by atoms with Gasteiger partial charge in [0.25, 0.3) is 11.8 Å². The smallest absolute Gasteiger partial charge is 0.258 e. The van der Waals surface area contributed by atoms with Gasteiger partial charge in [-0.15, -0.1) is 12.4 Å². The minimum Gasteiger partial charge on any atom is -0.496 e. The van der Waals surface area contributed by atoms with E-state index in [1.54, 1.807) is 37.1 Å². The quantitative estimate of drug-likeness (QED) is 0.216. The highest BCUT2D eigenvalue weighted by molar-refractivity contribution is 9.10. The lowest BCUT2D eigenvalue weighted by molar-refractivity contribution is -0.129. The zero-order valence-electron chi connectivity index (χ0n) is 24.3. The molecule has 44 heavy (non-hydrogen) atoms. The molecule has 1 heterocycles. The molecule has 1 aliphatic rings. The van der Waals surface area contributed by atoms with Crippen LogP contribution >= 0.6 is 39.9 Å². The fourth-order valence-corrected chi connectivity index (χ4v) is 5.86. The number of carbonyl (C=O) groups excluding carboxylic acids is 3. The summed E-state index contributed by atoms with van der Waals surface area (Å²) in [5, 5.41) is 5.06. The van der Waals surface area contributed by atoms with Crippen molar-refractivity contribution in [2.45, 2.75) is 32.9 Å². The first kappa shape index (κ1) is 33.2. The van der Waals surface area contributed by atoms with Crippen LogP contribution in [0.4, 0.5) is 15.8 Å². The highest BCUT2D eigenvalue weighted by atomic mass is 79.9. The predicted molar refractivity (Wildman–Crippen MR) is 178 cm³/mol. The second-order valence-corrected chi connectivity index (χ2v) is 11.7. The fraction of sp³-hybridized carbons (Fsp3) is 0.242. The summed E-state index contributed by atoms with van der Waals surface area (Å²) < 4.78 is 20.3. The molecule has 0 fully saturated rings. The molecule has 0 unspecified atom stereocenters. The molecule has 0 bridgehead atoms. The molecule has 1 aliphatic heterocycles. The van der Waals surface area contributed by atoms with Crippen LogP contribution in [0.1, 0.15) is 36.2 Å². The van der Waals surface area contributed by atoms with Gasteiger partial charge in [0.15, 0.2) is 0 Å². The lowest BCUT2D eigenvalue weighted by Gasteiger charge is -2.27. The first-order valence-corrected chi connectivity index (χ1v) is 15.0. The number of nitrogens with one attached hydrogen (secondary N) is 1. The third-order valence-corrected chi connectivity index (χ3v) is 8.70. The maximum absolute atomic E-state index is 14.4. The Balaban J connectivity index is 0.00000442. The third-order valence-electron chi connectivity index (χ3n) is 7.77. The molecular weight excluding hydrogens is 672 g/mol. The van der Waals surface area contributed by atoms with Crippen LogP contribution in [0.5, 0.6) is 5.75 Å². The molecule has 1 N–H and O–H groups in total. The van der Waals surface area contributed by atoms with Crippen LogP contribution in [-0.4, -0.2) is 37.4 Å². The summed E-state index contributed by atoms with van der Waals surface area (Å²) in [5.41, 5.74) is 1.79. The SMILES string of the molecule is CC[C@@H](C)C(=O)N[C@H]1CN(C(=O)c2ccc(F)cc2)c2cc(Cl)ccc2N(Cc2c(OC)ccc3c(Br)cccc23)C1=O.Cl. The third kappa shape index (κ3) is 6.55. The first-order chi connectivity index (χ1) is 20.6. The summed E-state index contributed by atoms with van der Waals surface area (Å²) >= 11 is 10.1. The normalized spacial score (nSPS) is 15.2. The number of hydrogen-bond donors (Lipinski definition) is 1. The Hall–Kier alpha value is -3.66. The predicted octanol–water partition coefficient (Wildman–Crippen LogP) is 7.55. The van der Waals surface area contributed by atoms with E-state index in [-0.39, 0.29) is 42.9 Å². The number of rotatable bonds is 7. The summed E-state index contributed by atoms with van der Waals surface area (Å²) in [5.74, 6) is -1.41. The molecule has 0 saturated carbocycles. The molecule has 0 aliphatic carbocycles. The van der Waals surface area contributed by atoms with Crippen molar-refractivity contribution < 1.29 is 23.5 Å². The van der Waals surface area contributed by atoms with E-state index >= 15 is 0 Å². The number of methoxy groups -OCH3 is 1. The van der Waals surface area contributed by atoms with Crippen molar-refractivity contribution in [2.75, 3.05) is 23.5 Å². The molecule has 4 aromatic carbocycles. The minimum absolute atomic E-state index is 0. The Morgan fingerprint density at radius 1 is 1.07 bits per heavy atom. The van der Waals surface area contributed by atoms with Gasteiger partial charge in [-0.05, 0) is 77.9 Å². The molecule has 5 rings (SSSR count). The van der Waals surface area contributed by atoms with Crippen LogP contribution < -0.4 is 19.9 Å².